The highest BCUT2D eigenvalue weighted by atomic mass is 32.1. The third kappa shape index (κ3) is 4.29. The van der Waals surface area contributed by atoms with Crippen molar-refractivity contribution in [2.24, 2.45) is 0 Å². The molecule has 1 fully saturated rings. The molecule has 0 amide bonds. The molecule has 0 spiro atoms. The Kier molecular flexibility index (Phi) is 6.09. The van der Waals surface area contributed by atoms with Gasteiger partial charge in [-0.1, -0.05) is 24.6 Å². The van der Waals surface area contributed by atoms with Gasteiger partial charge in [-0.15, -0.1) is 11.3 Å². The molecular formula is C22H23N3O2S. The van der Waals surface area contributed by atoms with Crippen LogP contribution in [0.25, 0.3) is 10.6 Å². The van der Waals surface area contributed by atoms with Crippen LogP contribution >= 0.6 is 11.3 Å². The summed E-state index contributed by atoms with van der Waals surface area (Å²) in [5.41, 5.74) is 2.12. The number of rotatable bonds is 7. The van der Waals surface area contributed by atoms with Crippen molar-refractivity contribution in [3.8, 4) is 16.3 Å². The quantitative estimate of drug-likeness (QED) is 0.558. The van der Waals surface area contributed by atoms with Crippen LogP contribution in [0.15, 0.2) is 60.2 Å². The largest absolute Gasteiger partial charge is 0.491 e. The Labute approximate surface area is 169 Å². The normalized spacial score (nSPS) is 18.5. The lowest BCUT2D eigenvalue weighted by atomic mass is 9.98. The number of aldehydes is 1. The van der Waals surface area contributed by atoms with Crippen LogP contribution < -0.4 is 4.74 Å². The Bertz CT molecular complexity index is 885. The Morgan fingerprint density at radius 2 is 2.00 bits per heavy atom. The van der Waals surface area contributed by atoms with Crippen LogP contribution in [-0.4, -0.2) is 40.3 Å². The van der Waals surface area contributed by atoms with Crippen molar-refractivity contribution in [1.82, 2.24) is 14.9 Å². The van der Waals surface area contributed by atoms with E-state index in [4.69, 9.17) is 9.72 Å². The van der Waals surface area contributed by atoms with Crippen molar-refractivity contribution >= 4 is 17.6 Å². The second-order valence-electron chi connectivity index (χ2n) is 6.89. The topological polar surface area (TPSA) is 55.3 Å². The van der Waals surface area contributed by atoms with E-state index < -0.39 is 0 Å². The molecule has 0 N–H and O–H groups in total. The van der Waals surface area contributed by atoms with Crippen LogP contribution in [0.4, 0.5) is 0 Å². The summed E-state index contributed by atoms with van der Waals surface area (Å²) in [5.74, 6) is 0.788. The summed E-state index contributed by atoms with van der Waals surface area (Å²) in [6.07, 6.45) is 7.83. The van der Waals surface area contributed by atoms with Gasteiger partial charge in [-0.3, -0.25) is 9.88 Å². The number of piperidine rings is 1. The predicted octanol–water partition coefficient (Wildman–Crippen LogP) is 4.38. The molecule has 4 rings (SSSR count). The van der Waals surface area contributed by atoms with Crippen LogP contribution in [0.5, 0.6) is 5.75 Å². The lowest BCUT2D eigenvalue weighted by molar-refractivity contribution is -0.115. The highest BCUT2D eigenvalue weighted by Crippen LogP contribution is 2.35. The molecule has 0 radical (unpaired) electrons. The van der Waals surface area contributed by atoms with E-state index >= 15 is 0 Å². The van der Waals surface area contributed by atoms with Crippen molar-refractivity contribution < 1.29 is 9.53 Å². The molecule has 2 atom stereocenters. The van der Waals surface area contributed by atoms with Crippen LogP contribution in [0.3, 0.4) is 0 Å². The SMILES string of the molecule is O=CC(COc1ccccc1)N1CCCCC1c1csc(-c2ccncc2)n1. The van der Waals surface area contributed by atoms with Gasteiger partial charge in [0.1, 0.15) is 29.7 Å². The van der Waals surface area contributed by atoms with E-state index in [9.17, 15) is 4.79 Å². The number of thiazole rings is 1. The molecular weight excluding hydrogens is 370 g/mol. The van der Waals surface area contributed by atoms with Gasteiger partial charge < -0.3 is 9.53 Å². The third-order valence-electron chi connectivity index (χ3n) is 5.08. The number of carbonyl (C=O) groups excluding carboxylic acids is 1. The zero-order chi connectivity index (χ0) is 19.2. The summed E-state index contributed by atoms with van der Waals surface area (Å²) in [5, 5.41) is 3.12. The number of hydrogen-bond acceptors (Lipinski definition) is 6. The number of benzene rings is 1. The molecule has 1 aliphatic heterocycles. The fourth-order valence-corrected chi connectivity index (χ4v) is 4.52. The first-order valence-corrected chi connectivity index (χ1v) is 10.5. The number of ether oxygens (including phenoxy) is 1. The van der Waals surface area contributed by atoms with Crippen LogP contribution in [0.2, 0.25) is 0 Å². The van der Waals surface area contributed by atoms with Crippen molar-refractivity contribution in [1.29, 1.82) is 0 Å². The van der Waals surface area contributed by atoms with Crippen LogP contribution in [0.1, 0.15) is 31.0 Å². The minimum Gasteiger partial charge on any atom is -0.491 e. The van der Waals surface area contributed by atoms with Crippen molar-refractivity contribution in [3.05, 3.63) is 65.9 Å². The first-order chi connectivity index (χ1) is 13.8. The Morgan fingerprint density at radius 1 is 1.18 bits per heavy atom. The molecule has 1 saturated heterocycles. The average molecular weight is 394 g/mol. The monoisotopic (exact) mass is 393 g/mol. The summed E-state index contributed by atoms with van der Waals surface area (Å²) in [6, 6.07) is 13.5. The Balaban J connectivity index is 1.50. The van der Waals surface area contributed by atoms with Crippen LogP contribution in [-0.2, 0) is 4.79 Å². The zero-order valence-corrected chi connectivity index (χ0v) is 16.4. The fraction of sp³-hybridized carbons (Fsp3) is 0.318. The van der Waals surface area contributed by atoms with Gasteiger partial charge in [0.2, 0.25) is 0 Å². The number of aromatic nitrogens is 2. The number of carbonyl (C=O) groups is 1. The van der Waals surface area contributed by atoms with Gasteiger partial charge in [0.25, 0.3) is 0 Å². The number of para-hydroxylation sites is 1. The van der Waals surface area contributed by atoms with Gasteiger partial charge in [-0.05, 0) is 43.7 Å². The van der Waals surface area contributed by atoms with E-state index in [1.54, 1.807) is 23.7 Å². The molecule has 0 saturated carbocycles. The average Bonchev–Trinajstić information content (AvgIpc) is 3.26. The van der Waals surface area contributed by atoms with E-state index in [0.29, 0.717) is 6.61 Å². The second kappa shape index (κ2) is 9.08. The number of nitrogens with zero attached hydrogens (tertiary/aromatic N) is 3. The van der Waals surface area contributed by atoms with Gasteiger partial charge in [0.15, 0.2) is 0 Å². The third-order valence-corrected chi connectivity index (χ3v) is 5.99. The predicted molar refractivity (Wildman–Crippen MR) is 110 cm³/mol. The van der Waals surface area contributed by atoms with Gasteiger partial charge in [0.05, 0.1) is 11.7 Å². The van der Waals surface area contributed by atoms with Gasteiger partial charge in [-0.2, -0.15) is 0 Å². The molecule has 5 nitrogen and oxygen atoms in total. The van der Waals surface area contributed by atoms with E-state index in [1.165, 1.54) is 0 Å². The summed E-state index contributed by atoms with van der Waals surface area (Å²) >= 11 is 1.64. The highest BCUT2D eigenvalue weighted by Gasteiger charge is 2.31. The molecule has 1 aromatic carbocycles. The summed E-state index contributed by atoms with van der Waals surface area (Å²) in [7, 11) is 0. The summed E-state index contributed by atoms with van der Waals surface area (Å²) < 4.78 is 5.87. The number of hydrogen-bond donors (Lipinski definition) is 0. The highest BCUT2D eigenvalue weighted by molar-refractivity contribution is 7.13. The van der Waals surface area contributed by atoms with E-state index in [2.05, 4.69) is 15.3 Å². The maximum Gasteiger partial charge on any atom is 0.140 e. The molecule has 0 aliphatic carbocycles. The molecule has 2 aromatic heterocycles. The summed E-state index contributed by atoms with van der Waals surface area (Å²) in [6.45, 7) is 1.24. The van der Waals surface area contributed by atoms with Gasteiger partial charge in [0, 0.05) is 23.3 Å². The standard InChI is InChI=1S/C22H23N3O2S/c26-14-18(15-27-19-6-2-1-3-7-19)25-13-5-4-8-21(25)20-16-28-22(24-20)17-9-11-23-12-10-17/h1-3,6-7,9-12,14,16,18,21H,4-5,8,13,15H2. The first kappa shape index (κ1) is 18.8. The molecule has 2 unspecified atom stereocenters. The summed E-state index contributed by atoms with van der Waals surface area (Å²) in [4.78, 5) is 23.1. The molecule has 144 valence electrons. The molecule has 1 aliphatic rings. The minimum absolute atomic E-state index is 0.148. The Morgan fingerprint density at radius 3 is 2.79 bits per heavy atom. The molecule has 3 aromatic rings. The minimum atomic E-state index is -0.281. The molecule has 0 bridgehead atoms. The maximum atomic E-state index is 11.9. The molecule has 28 heavy (non-hydrogen) atoms. The van der Waals surface area contributed by atoms with E-state index in [0.717, 1.165) is 54.1 Å². The van der Waals surface area contributed by atoms with Crippen molar-refractivity contribution in [2.75, 3.05) is 13.2 Å². The smallest absolute Gasteiger partial charge is 0.140 e. The first-order valence-electron chi connectivity index (χ1n) is 9.60. The number of pyridine rings is 1. The maximum absolute atomic E-state index is 11.9. The molecule has 3 heterocycles. The number of likely N-dealkylation sites (tertiary alicyclic amines) is 1. The van der Waals surface area contributed by atoms with Gasteiger partial charge >= 0.3 is 0 Å². The van der Waals surface area contributed by atoms with E-state index in [1.807, 2.05) is 42.5 Å². The Hall–Kier alpha value is -2.57. The van der Waals surface area contributed by atoms with Crippen molar-refractivity contribution in [2.45, 2.75) is 31.3 Å². The second-order valence-corrected chi connectivity index (χ2v) is 7.75. The van der Waals surface area contributed by atoms with Crippen LogP contribution in [0, 0.1) is 0 Å². The zero-order valence-electron chi connectivity index (χ0n) is 15.6. The van der Waals surface area contributed by atoms with Crippen molar-refractivity contribution in [3.63, 3.8) is 0 Å². The molecule has 6 heteroatoms. The fourth-order valence-electron chi connectivity index (χ4n) is 3.65. The lowest BCUT2D eigenvalue weighted by Gasteiger charge is -2.38. The van der Waals surface area contributed by atoms with E-state index in [-0.39, 0.29) is 12.1 Å². The van der Waals surface area contributed by atoms with Gasteiger partial charge in [-0.25, -0.2) is 4.98 Å². The lowest BCUT2D eigenvalue weighted by Crippen LogP contribution is -2.45.